The monoisotopic (exact) mass is 346 g/mol. The van der Waals surface area contributed by atoms with Crippen molar-refractivity contribution in [3.8, 4) is 0 Å². The van der Waals surface area contributed by atoms with E-state index >= 15 is 0 Å². The highest BCUT2D eigenvalue weighted by Gasteiger charge is 2.17. The third-order valence-corrected chi connectivity index (χ3v) is 5.75. The van der Waals surface area contributed by atoms with E-state index in [-0.39, 0.29) is 11.7 Å². The fraction of sp³-hybridized carbons (Fsp3) is 0.278. The maximum absolute atomic E-state index is 12.5. The predicted octanol–water partition coefficient (Wildman–Crippen LogP) is 3.34. The molecule has 2 aromatic carbocycles. The number of nitrogens with zero attached hydrogens (tertiary/aromatic N) is 1. The van der Waals surface area contributed by atoms with Crippen LogP contribution in [-0.4, -0.2) is 27.1 Å². The van der Waals surface area contributed by atoms with Gasteiger partial charge in [-0.05, 0) is 50.1 Å². The minimum atomic E-state index is -3.36. The van der Waals surface area contributed by atoms with Crippen molar-refractivity contribution in [1.29, 1.82) is 0 Å². The number of hydrogen-bond acceptors (Lipinski definition) is 3. The lowest BCUT2D eigenvalue weighted by Crippen LogP contribution is -2.28. The topological polar surface area (TPSA) is 66.5 Å². The summed E-state index contributed by atoms with van der Waals surface area (Å²) in [6.45, 7) is 5.45. The van der Waals surface area contributed by atoms with Crippen LogP contribution in [0.3, 0.4) is 0 Å². The highest BCUT2D eigenvalue weighted by atomic mass is 32.2. The molecular formula is C18H22N2O3S. The van der Waals surface area contributed by atoms with Crippen LogP contribution in [-0.2, 0) is 10.0 Å². The van der Waals surface area contributed by atoms with Crippen molar-refractivity contribution in [2.75, 3.05) is 22.4 Å². The summed E-state index contributed by atoms with van der Waals surface area (Å²) in [7, 11) is -1.88. The Kier molecular flexibility index (Phi) is 5.29. The fourth-order valence-corrected chi connectivity index (χ4v) is 3.22. The normalized spacial score (nSPS) is 11.2. The van der Waals surface area contributed by atoms with Crippen molar-refractivity contribution in [2.45, 2.75) is 20.8 Å². The summed E-state index contributed by atoms with van der Waals surface area (Å²) in [6, 6.07) is 12.4. The van der Waals surface area contributed by atoms with E-state index in [1.54, 1.807) is 31.2 Å². The Morgan fingerprint density at radius 1 is 1.08 bits per heavy atom. The summed E-state index contributed by atoms with van der Waals surface area (Å²) in [5, 5.41) is 2.91. The van der Waals surface area contributed by atoms with Gasteiger partial charge in [0.2, 0.25) is 10.0 Å². The first-order chi connectivity index (χ1) is 11.3. The SMILES string of the molecule is CCS(=O)(=O)N(C)c1cccc(C(=O)Nc2c(C)cccc2C)c1. The summed E-state index contributed by atoms with van der Waals surface area (Å²) in [5.74, 6) is -0.265. The molecule has 6 heteroatoms. The van der Waals surface area contributed by atoms with E-state index in [0.717, 1.165) is 16.8 Å². The van der Waals surface area contributed by atoms with Crippen LogP contribution in [0.1, 0.15) is 28.4 Å². The number of benzene rings is 2. The maximum Gasteiger partial charge on any atom is 0.255 e. The third-order valence-electron chi connectivity index (χ3n) is 3.97. The molecule has 1 amide bonds. The highest BCUT2D eigenvalue weighted by molar-refractivity contribution is 7.92. The van der Waals surface area contributed by atoms with Gasteiger partial charge in [0.05, 0.1) is 11.4 Å². The molecule has 0 spiro atoms. The van der Waals surface area contributed by atoms with Gasteiger partial charge in [-0.25, -0.2) is 8.42 Å². The van der Waals surface area contributed by atoms with E-state index in [9.17, 15) is 13.2 Å². The number of sulfonamides is 1. The number of para-hydroxylation sites is 1. The Bertz CT molecular complexity index is 840. The molecular weight excluding hydrogens is 324 g/mol. The second-order valence-electron chi connectivity index (χ2n) is 5.64. The van der Waals surface area contributed by atoms with Crippen LogP contribution in [0.4, 0.5) is 11.4 Å². The van der Waals surface area contributed by atoms with E-state index in [4.69, 9.17) is 0 Å². The van der Waals surface area contributed by atoms with E-state index in [2.05, 4.69) is 5.32 Å². The summed E-state index contributed by atoms with van der Waals surface area (Å²) in [5.41, 5.74) is 3.61. The lowest BCUT2D eigenvalue weighted by atomic mass is 10.1. The molecule has 0 aliphatic carbocycles. The van der Waals surface area contributed by atoms with Crippen LogP contribution < -0.4 is 9.62 Å². The molecule has 0 aliphatic heterocycles. The first kappa shape index (κ1) is 18.0. The Morgan fingerprint density at radius 2 is 1.67 bits per heavy atom. The second-order valence-corrected chi connectivity index (χ2v) is 7.93. The number of aryl methyl sites for hydroxylation is 2. The molecule has 0 unspecified atom stereocenters. The van der Waals surface area contributed by atoms with Gasteiger partial charge < -0.3 is 5.32 Å². The van der Waals surface area contributed by atoms with Crippen LogP contribution in [0.15, 0.2) is 42.5 Å². The first-order valence-electron chi connectivity index (χ1n) is 7.70. The van der Waals surface area contributed by atoms with Gasteiger partial charge in [0, 0.05) is 18.3 Å². The number of carbonyl (C=O) groups is 1. The molecule has 2 rings (SSSR count). The average molecular weight is 346 g/mol. The predicted molar refractivity (Wildman–Crippen MR) is 98.2 cm³/mol. The first-order valence-corrected chi connectivity index (χ1v) is 9.31. The number of rotatable bonds is 5. The number of carbonyl (C=O) groups excluding carboxylic acids is 1. The lowest BCUT2D eigenvalue weighted by molar-refractivity contribution is 0.102. The second kappa shape index (κ2) is 7.05. The van der Waals surface area contributed by atoms with E-state index in [0.29, 0.717) is 11.3 Å². The van der Waals surface area contributed by atoms with Gasteiger partial charge in [0.25, 0.3) is 5.91 Å². The molecule has 5 nitrogen and oxygen atoms in total. The molecule has 0 bridgehead atoms. The molecule has 0 fully saturated rings. The fourth-order valence-electron chi connectivity index (χ4n) is 2.39. The summed E-state index contributed by atoms with van der Waals surface area (Å²) in [6.07, 6.45) is 0. The van der Waals surface area contributed by atoms with Crippen molar-refractivity contribution in [1.82, 2.24) is 0 Å². The zero-order valence-electron chi connectivity index (χ0n) is 14.3. The largest absolute Gasteiger partial charge is 0.322 e. The number of nitrogens with one attached hydrogen (secondary N) is 1. The molecule has 0 aromatic heterocycles. The number of hydrogen-bond donors (Lipinski definition) is 1. The van der Waals surface area contributed by atoms with Gasteiger partial charge in [-0.15, -0.1) is 0 Å². The Morgan fingerprint density at radius 3 is 2.25 bits per heavy atom. The van der Waals surface area contributed by atoms with Crippen molar-refractivity contribution in [3.63, 3.8) is 0 Å². The zero-order chi connectivity index (χ0) is 17.9. The quantitative estimate of drug-likeness (QED) is 0.903. The van der Waals surface area contributed by atoms with Crippen molar-refractivity contribution >= 4 is 27.3 Å². The van der Waals surface area contributed by atoms with Gasteiger partial charge in [0.1, 0.15) is 0 Å². The Balaban J connectivity index is 2.30. The standard InChI is InChI=1S/C18H22N2O3S/c1-5-24(22,23)20(4)16-11-7-10-15(12-16)18(21)19-17-13(2)8-6-9-14(17)3/h6-12H,5H2,1-4H3,(H,19,21). The third kappa shape index (κ3) is 3.76. The van der Waals surface area contributed by atoms with Crippen molar-refractivity contribution in [3.05, 3.63) is 59.2 Å². The van der Waals surface area contributed by atoms with Gasteiger partial charge in [-0.3, -0.25) is 9.10 Å². The highest BCUT2D eigenvalue weighted by Crippen LogP contribution is 2.22. The summed E-state index contributed by atoms with van der Waals surface area (Å²) >= 11 is 0. The maximum atomic E-state index is 12.5. The van der Waals surface area contributed by atoms with Crippen LogP contribution in [0.25, 0.3) is 0 Å². The minimum absolute atomic E-state index is 0.00231. The molecule has 1 N–H and O–H groups in total. The van der Waals surface area contributed by atoms with Gasteiger partial charge in [-0.1, -0.05) is 24.3 Å². The van der Waals surface area contributed by atoms with E-state index < -0.39 is 10.0 Å². The molecule has 0 saturated heterocycles. The van der Waals surface area contributed by atoms with Crippen LogP contribution in [0.5, 0.6) is 0 Å². The Hall–Kier alpha value is -2.34. The summed E-state index contributed by atoms with van der Waals surface area (Å²) in [4.78, 5) is 12.5. The van der Waals surface area contributed by atoms with Gasteiger partial charge >= 0.3 is 0 Å². The van der Waals surface area contributed by atoms with Gasteiger partial charge in [0.15, 0.2) is 0 Å². The van der Waals surface area contributed by atoms with E-state index in [1.807, 2.05) is 32.0 Å². The van der Waals surface area contributed by atoms with Crippen LogP contribution >= 0.6 is 0 Å². The summed E-state index contributed by atoms with van der Waals surface area (Å²) < 4.78 is 25.2. The molecule has 24 heavy (non-hydrogen) atoms. The van der Waals surface area contributed by atoms with Crippen LogP contribution in [0, 0.1) is 13.8 Å². The number of amides is 1. The Labute approximate surface area is 143 Å². The minimum Gasteiger partial charge on any atom is -0.322 e. The van der Waals surface area contributed by atoms with Gasteiger partial charge in [-0.2, -0.15) is 0 Å². The molecule has 0 saturated carbocycles. The zero-order valence-corrected chi connectivity index (χ0v) is 15.1. The number of anilines is 2. The van der Waals surface area contributed by atoms with Crippen molar-refractivity contribution < 1.29 is 13.2 Å². The molecule has 0 aliphatic rings. The van der Waals surface area contributed by atoms with Crippen molar-refractivity contribution in [2.24, 2.45) is 0 Å². The molecule has 2 aromatic rings. The molecule has 128 valence electrons. The van der Waals surface area contributed by atoms with E-state index in [1.165, 1.54) is 11.4 Å². The molecule has 0 heterocycles. The molecule has 0 atom stereocenters. The van der Waals surface area contributed by atoms with Crippen LogP contribution in [0.2, 0.25) is 0 Å². The average Bonchev–Trinajstić information content (AvgIpc) is 2.57. The lowest BCUT2D eigenvalue weighted by Gasteiger charge is -2.19. The smallest absolute Gasteiger partial charge is 0.255 e. The molecule has 0 radical (unpaired) electrons.